The van der Waals surface area contributed by atoms with Crippen molar-refractivity contribution >= 4 is 33.7 Å². The SMILES string of the molecule is O=c1[nH]c2cnc3[nH]ccc3c2n1Cc1ccc(F)cc1Cl. The van der Waals surface area contributed by atoms with E-state index < -0.39 is 5.82 Å². The van der Waals surface area contributed by atoms with E-state index in [9.17, 15) is 9.18 Å². The Labute approximate surface area is 128 Å². The smallest absolute Gasteiger partial charge is 0.326 e. The Hall–Kier alpha value is -2.60. The quantitative estimate of drug-likeness (QED) is 0.597. The number of rotatable bonds is 2. The molecule has 0 amide bonds. The van der Waals surface area contributed by atoms with E-state index in [2.05, 4.69) is 15.0 Å². The summed E-state index contributed by atoms with van der Waals surface area (Å²) in [5, 5.41) is 1.13. The predicted octanol–water partition coefficient (Wildman–Crippen LogP) is 3.05. The van der Waals surface area contributed by atoms with Crippen LogP contribution in [0.3, 0.4) is 0 Å². The number of aromatic nitrogens is 4. The molecule has 3 heterocycles. The molecule has 0 spiro atoms. The number of H-pyrrole nitrogens is 2. The van der Waals surface area contributed by atoms with Gasteiger partial charge in [-0.3, -0.25) is 4.57 Å². The van der Waals surface area contributed by atoms with Crippen LogP contribution in [0.2, 0.25) is 5.02 Å². The number of nitrogens with zero attached hydrogens (tertiary/aromatic N) is 2. The largest absolute Gasteiger partial charge is 0.346 e. The second kappa shape index (κ2) is 4.71. The van der Waals surface area contributed by atoms with Crippen molar-refractivity contribution in [3.8, 4) is 0 Å². The third kappa shape index (κ3) is 1.92. The standard InChI is InChI=1S/C15H10ClFN4O/c16-11-5-9(17)2-1-8(11)7-21-13-10-3-4-18-14(10)19-6-12(13)20-15(21)22/h1-6H,7H2,(H,18,19)(H,20,22). The third-order valence-corrected chi connectivity index (χ3v) is 4.01. The lowest BCUT2D eigenvalue weighted by Gasteiger charge is -2.06. The van der Waals surface area contributed by atoms with Gasteiger partial charge in [-0.15, -0.1) is 0 Å². The van der Waals surface area contributed by atoms with Crippen molar-refractivity contribution < 1.29 is 4.39 Å². The number of aromatic amines is 2. The van der Waals surface area contributed by atoms with Gasteiger partial charge in [0.1, 0.15) is 11.5 Å². The minimum Gasteiger partial charge on any atom is -0.346 e. The number of imidazole rings is 1. The molecule has 0 unspecified atom stereocenters. The van der Waals surface area contributed by atoms with Gasteiger partial charge >= 0.3 is 5.69 Å². The minimum absolute atomic E-state index is 0.252. The Kier molecular flexibility index (Phi) is 2.80. The molecule has 2 N–H and O–H groups in total. The van der Waals surface area contributed by atoms with Gasteiger partial charge in [0.15, 0.2) is 0 Å². The van der Waals surface area contributed by atoms with Crippen LogP contribution in [0.5, 0.6) is 0 Å². The lowest BCUT2D eigenvalue weighted by atomic mass is 10.2. The summed E-state index contributed by atoms with van der Waals surface area (Å²) in [5.41, 5.74) is 2.51. The van der Waals surface area contributed by atoms with Gasteiger partial charge in [-0.25, -0.2) is 14.2 Å². The maximum Gasteiger partial charge on any atom is 0.326 e. The van der Waals surface area contributed by atoms with Gasteiger partial charge in [-0.2, -0.15) is 0 Å². The molecule has 110 valence electrons. The maximum atomic E-state index is 13.2. The van der Waals surface area contributed by atoms with Crippen LogP contribution in [0, 0.1) is 5.82 Å². The summed E-state index contributed by atoms with van der Waals surface area (Å²) in [7, 11) is 0. The van der Waals surface area contributed by atoms with E-state index in [1.807, 2.05) is 6.07 Å². The Morgan fingerprint density at radius 3 is 3.00 bits per heavy atom. The van der Waals surface area contributed by atoms with Crippen molar-refractivity contribution in [2.24, 2.45) is 0 Å². The zero-order chi connectivity index (χ0) is 15.3. The highest BCUT2D eigenvalue weighted by Crippen LogP contribution is 2.23. The number of hydrogen-bond acceptors (Lipinski definition) is 2. The molecule has 0 atom stereocenters. The molecule has 4 aromatic rings. The third-order valence-electron chi connectivity index (χ3n) is 3.66. The number of nitrogens with one attached hydrogen (secondary N) is 2. The van der Waals surface area contributed by atoms with Crippen molar-refractivity contribution in [3.63, 3.8) is 0 Å². The van der Waals surface area contributed by atoms with Crippen LogP contribution in [0.4, 0.5) is 4.39 Å². The van der Waals surface area contributed by atoms with Gasteiger partial charge in [-0.1, -0.05) is 17.7 Å². The highest BCUT2D eigenvalue weighted by molar-refractivity contribution is 6.31. The summed E-state index contributed by atoms with van der Waals surface area (Å²) in [4.78, 5) is 22.3. The van der Waals surface area contributed by atoms with Crippen molar-refractivity contribution in [2.45, 2.75) is 6.54 Å². The van der Waals surface area contributed by atoms with Crippen LogP contribution >= 0.6 is 11.6 Å². The number of halogens is 2. The summed E-state index contributed by atoms with van der Waals surface area (Å²) in [6, 6.07) is 6.01. The van der Waals surface area contributed by atoms with E-state index in [1.165, 1.54) is 12.1 Å². The van der Waals surface area contributed by atoms with Gasteiger partial charge in [0, 0.05) is 16.6 Å². The lowest BCUT2D eigenvalue weighted by Crippen LogP contribution is -2.17. The van der Waals surface area contributed by atoms with Crippen LogP contribution in [-0.4, -0.2) is 19.5 Å². The first-order valence-corrected chi connectivity index (χ1v) is 7.00. The molecule has 22 heavy (non-hydrogen) atoms. The molecule has 4 rings (SSSR count). The van der Waals surface area contributed by atoms with Crippen molar-refractivity contribution in [3.05, 3.63) is 63.5 Å². The van der Waals surface area contributed by atoms with Crippen LogP contribution in [0.15, 0.2) is 41.5 Å². The molecule has 0 radical (unpaired) electrons. The first-order valence-electron chi connectivity index (χ1n) is 6.62. The fraction of sp³-hybridized carbons (Fsp3) is 0.0667. The molecule has 0 fully saturated rings. The molecule has 0 saturated carbocycles. The Morgan fingerprint density at radius 1 is 1.32 bits per heavy atom. The van der Waals surface area contributed by atoms with E-state index in [0.29, 0.717) is 21.7 Å². The molecule has 0 aliphatic heterocycles. The molecular weight excluding hydrogens is 307 g/mol. The van der Waals surface area contributed by atoms with Crippen molar-refractivity contribution in [2.75, 3.05) is 0 Å². The summed E-state index contributed by atoms with van der Waals surface area (Å²) in [6.07, 6.45) is 3.38. The van der Waals surface area contributed by atoms with Gasteiger partial charge in [0.05, 0.1) is 23.8 Å². The van der Waals surface area contributed by atoms with Gasteiger partial charge < -0.3 is 9.97 Å². The average Bonchev–Trinajstić information content (AvgIpc) is 3.06. The summed E-state index contributed by atoms with van der Waals surface area (Å²) >= 11 is 6.06. The molecule has 1 aromatic carbocycles. The van der Waals surface area contributed by atoms with E-state index in [4.69, 9.17) is 11.6 Å². The second-order valence-corrected chi connectivity index (χ2v) is 5.42. The monoisotopic (exact) mass is 316 g/mol. The maximum absolute atomic E-state index is 13.2. The molecule has 0 bridgehead atoms. The number of pyridine rings is 1. The average molecular weight is 317 g/mol. The van der Waals surface area contributed by atoms with Crippen LogP contribution < -0.4 is 5.69 Å². The van der Waals surface area contributed by atoms with Crippen molar-refractivity contribution in [1.82, 2.24) is 19.5 Å². The highest BCUT2D eigenvalue weighted by Gasteiger charge is 2.13. The Morgan fingerprint density at radius 2 is 2.18 bits per heavy atom. The normalized spacial score (nSPS) is 11.5. The zero-order valence-corrected chi connectivity index (χ0v) is 12.0. The molecule has 0 saturated heterocycles. The number of fused-ring (bicyclic) bond motifs is 3. The molecule has 3 aromatic heterocycles. The fourth-order valence-electron chi connectivity index (χ4n) is 2.63. The van der Waals surface area contributed by atoms with Crippen molar-refractivity contribution in [1.29, 1.82) is 0 Å². The summed E-state index contributed by atoms with van der Waals surface area (Å²) < 4.78 is 14.7. The topological polar surface area (TPSA) is 66.5 Å². The predicted molar refractivity (Wildman–Crippen MR) is 82.7 cm³/mol. The Bertz CT molecular complexity index is 1060. The van der Waals surface area contributed by atoms with E-state index >= 15 is 0 Å². The zero-order valence-electron chi connectivity index (χ0n) is 11.2. The first-order chi connectivity index (χ1) is 10.6. The molecule has 0 aliphatic carbocycles. The van der Waals surface area contributed by atoms with Gasteiger partial charge in [-0.05, 0) is 23.8 Å². The molecule has 0 aliphatic rings. The van der Waals surface area contributed by atoms with Gasteiger partial charge in [0.25, 0.3) is 0 Å². The van der Waals surface area contributed by atoms with E-state index in [0.717, 1.165) is 10.9 Å². The number of hydrogen-bond donors (Lipinski definition) is 2. The molecule has 5 nitrogen and oxygen atoms in total. The van der Waals surface area contributed by atoms with Gasteiger partial charge in [0.2, 0.25) is 0 Å². The van der Waals surface area contributed by atoms with Crippen LogP contribution in [0.1, 0.15) is 5.56 Å². The highest BCUT2D eigenvalue weighted by atomic mass is 35.5. The summed E-state index contributed by atoms with van der Waals surface area (Å²) in [5.74, 6) is -0.405. The summed E-state index contributed by atoms with van der Waals surface area (Å²) in [6.45, 7) is 0.252. The number of benzene rings is 1. The fourth-order valence-corrected chi connectivity index (χ4v) is 2.86. The molecule has 7 heteroatoms. The van der Waals surface area contributed by atoms with E-state index in [-0.39, 0.29) is 12.2 Å². The Balaban J connectivity index is 1.96. The first kappa shape index (κ1) is 13.1. The molecular formula is C15H10ClFN4O. The van der Waals surface area contributed by atoms with E-state index in [1.54, 1.807) is 23.0 Å². The van der Waals surface area contributed by atoms with Crippen LogP contribution in [0.25, 0.3) is 22.1 Å². The minimum atomic E-state index is -0.405. The second-order valence-electron chi connectivity index (χ2n) is 5.01. The lowest BCUT2D eigenvalue weighted by molar-refractivity contribution is 0.626. The van der Waals surface area contributed by atoms with Crippen LogP contribution in [-0.2, 0) is 6.54 Å².